The Morgan fingerprint density at radius 2 is 0.962 bits per heavy atom. The van der Waals surface area contributed by atoms with Gasteiger partial charge in [-0.05, 0) is 24.7 Å². The largest absolute Gasteiger partial charge is 0.460 e. The van der Waals surface area contributed by atoms with Gasteiger partial charge in [0.15, 0.2) is 0 Å². The molecule has 150 valence electrons. The minimum absolute atomic E-state index is 0.0828. The van der Waals surface area contributed by atoms with Gasteiger partial charge in [0.05, 0.1) is 0 Å². The molecular formula is C20H34O6. The Morgan fingerprint density at radius 1 is 0.654 bits per heavy atom. The summed E-state index contributed by atoms with van der Waals surface area (Å²) in [6.07, 6.45) is 3.72. The Kier molecular flexibility index (Phi) is 10.4. The van der Waals surface area contributed by atoms with Gasteiger partial charge in [0, 0.05) is 11.1 Å². The van der Waals surface area contributed by atoms with E-state index < -0.39 is 0 Å². The van der Waals surface area contributed by atoms with Gasteiger partial charge in [-0.25, -0.2) is 19.4 Å². The van der Waals surface area contributed by atoms with Crippen LogP contribution in [-0.4, -0.2) is 38.4 Å². The summed E-state index contributed by atoms with van der Waals surface area (Å²) in [6, 6.07) is 0. The van der Waals surface area contributed by atoms with Crippen molar-refractivity contribution >= 4 is 11.9 Å². The highest BCUT2D eigenvalue weighted by Crippen LogP contribution is 2.18. The third-order valence-electron chi connectivity index (χ3n) is 2.83. The highest BCUT2D eigenvalue weighted by molar-refractivity contribution is 5.88. The van der Waals surface area contributed by atoms with Crippen LogP contribution in [-0.2, 0) is 28.8 Å². The monoisotopic (exact) mass is 370 g/mol. The van der Waals surface area contributed by atoms with Crippen LogP contribution in [0.1, 0.15) is 55.4 Å². The molecule has 0 fully saturated rings. The van der Waals surface area contributed by atoms with Crippen molar-refractivity contribution < 1.29 is 28.8 Å². The van der Waals surface area contributed by atoms with E-state index in [2.05, 4.69) is 0 Å². The Balaban J connectivity index is 3.84. The molecular weight excluding hydrogens is 336 g/mol. The summed E-state index contributed by atoms with van der Waals surface area (Å²) in [5.74, 6) is -0.753. The molecule has 0 rings (SSSR count). The van der Waals surface area contributed by atoms with Gasteiger partial charge in [0.2, 0.25) is 0 Å². The van der Waals surface area contributed by atoms with Crippen LogP contribution in [0.15, 0.2) is 23.3 Å². The van der Waals surface area contributed by atoms with E-state index in [-0.39, 0.29) is 49.2 Å². The zero-order valence-corrected chi connectivity index (χ0v) is 17.4. The fraction of sp³-hybridized carbons (Fsp3) is 0.700. The minimum atomic E-state index is -0.376. The molecule has 0 spiro atoms. The summed E-state index contributed by atoms with van der Waals surface area (Å²) in [4.78, 5) is 33.3. The molecule has 0 aromatic rings. The van der Waals surface area contributed by atoms with Crippen LogP contribution in [0.3, 0.4) is 0 Å². The van der Waals surface area contributed by atoms with Crippen LogP contribution in [0, 0.1) is 10.8 Å². The lowest BCUT2D eigenvalue weighted by Crippen LogP contribution is -2.16. The first-order valence-electron chi connectivity index (χ1n) is 8.79. The molecule has 0 aromatic heterocycles. The van der Waals surface area contributed by atoms with E-state index in [0.717, 1.165) is 0 Å². The zero-order chi connectivity index (χ0) is 20.4. The van der Waals surface area contributed by atoms with E-state index in [4.69, 9.17) is 19.2 Å². The average Bonchev–Trinajstić information content (AvgIpc) is 2.45. The second-order valence-electron chi connectivity index (χ2n) is 8.30. The van der Waals surface area contributed by atoms with Crippen molar-refractivity contribution in [2.45, 2.75) is 55.4 Å². The van der Waals surface area contributed by atoms with Crippen molar-refractivity contribution in [3.05, 3.63) is 23.3 Å². The second kappa shape index (κ2) is 11.1. The topological polar surface area (TPSA) is 71.1 Å². The first-order chi connectivity index (χ1) is 11.8. The van der Waals surface area contributed by atoms with Gasteiger partial charge in [-0.3, -0.25) is 0 Å². The van der Waals surface area contributed by atoms with Crippen molar-refractivity contribution in [1.29, 1.82) is 0 Å². The van der Waals surface area contributed by atoms with Gasteiger partial charge in [-0.1, -0.05) is 53.7 Å². The Hall–Kier alpha value is -1.66. The Labute approximate surface area is 157 Å². The summed E-state index contributed by atoms with van der Waals surface area (Å²) < 4.78 is 10.1. The Morgan fingerprint density at radius 3 is 1.23 bits per heavy atom. The number of esters is 2. The Bertz CT molecular complexity index is 469. The molecule has 0 bridgehead atoms. The lowest BCUT2D eigenvalue weighted by atomic mass is 9.94. The maximum atomic E-state index is 11.7. The van der Waals surface area contributed by atoms with Crippen LogP contribution in [0.25, 0.3) is 0 Å². The van der Waals surface area contributed by atoms with Crippen molar-refractivity contribution in [1.82, 2.24) is 0 Å². The molecule has 6 heteroatoms. The average molecular weight is 370 g/mol. The SMILES string of the molecule is CC(=CC(C)(C)C)C(=O)OCCOOCCOC(=O)C(C)=CC(C)(C)C. The lowest BCUT2D eigenvalue weighted by molar-refractivity contribution is -0.301. The van der Waals surface area contributed by atoms with E-state index in [1.54, 1.807) is 13.8 Å². The number of hydrogen-bond acceptors (Lipinski definition) is 6. The molecule has 0 saturated carbocycles. The molecule has 0 radical (unpaired) electrons. The molecule has 0 N–H and O–H groups in total. The molecule has 0 atom stereocenters. The number of rotatable bonds is 9. The van der Waals surface area contributed by atoms with Crippen LogP contribution < -0.4 is 0 Å². The van der Waals surface area contributed by atoms with E-state index >= 15 is 0 Å². The fourth-order valence-corrected chi connectivity index (χ4v) is 2.10. The van der Waals surface area contributed by atoms with Crippen LogP contribution >= 0.6 is 0 Å². The third-order valence-corrected chi connectivity index (χ3v) is 2.83. The summed E-state index contributed by atoms with van der Waals surface area (Å²) in [5.41, 5.74) is 0.953. The predicted molar refractivity (Wildman–Crippen MR) is 100 cm³/mol. The summed E-state index contributed by atoms with van der Waals surface area (Å²) in [7, 11) is 0. The molecule has 26 heavy (non-hydrogen) atoms. The maximum Gasteiger partial charge on any atom is 0.333 e. The molecule has 0 aromatic carbocycles. The number of ether oxygens (including phenoxy) is 2. The predicted octanol–water partition coefficient (Wildman–Crippen LogP) is 4.01. The lowest BCUT2D eigenvalue weighted by Gasteiger charge is -2.14. The van der Waals surface area contributed by atoms with Crippen molar-refractivity contribution in [2.24, 2.45) is 10.8 Å². The number of hydrogen-bond donors (Lipinski definition) is 0. The van der Waals surface area contributed by atoms with Crippen LogP contribution in [0.4, 0.5) is 0 Å². The van der Waals surface area contributed by atoms with Gasteiger partial charge < -0.3 is 9.47 Å². The van der Waals surface area contributed by atoms with Crippen molar-refractivity contribution in [2.75, 3.05) is 26.4 Å². The highest BCUT2D eigenvalue weighted by Gasteiger charge is 2.13. The normalized spacial score (nSPS) is 13.5. The summed E-state index contributed by atoms with van der Waals surface area (Å²) in [6.45, 7) is 15.9. The van der Waals surface area contributed by atoms with Gasteiger partial charge in [0.25, 0.3) is 0 Å². The van der Waals surface area contributed by atoms with Gasteiger partial charge >= 0.3 is 11.9 Å². The molecule has 0 aliphatic heterocycles. The first-order valence-corrected chi connectivity index (χ1v) is 8.79. The molecule has 0 unspecified atom stereocenters. The van der Waals surface area contributed by atoms with Crippen LogP contribution in [0.2, 0.25) is 0 Å². The quantitative estimate of drug-likeness (QED) is 0.201. The first kappa shape index (κ1) is 24.3. The highest BCUT2D eigenvalue weighted by atomic mass is 17.2. The van der Waals surface area contributed by atoms with E-state index in [1.807, 2.05) is 53.7 Å². The molecule has 0 aliphatic rings. The molecule has 0 saturated heterocycles. The molecule has 0 heterocycles. The van der Waals surface area contributed by atoms with E-state index in [9.17, 15) is 9.59 Å². The van der Waals surface area contributed by atoms with Gasteiger partial charge in [-0.15, -0.1) is 0 Å². The van der Waals surface area contributed by atoms with Gasteiger partial charge in [0.1, 0.15) is 26.4 Å². The summed E-state index contributed by atoms with van der Waals surface area (Å²) in [5, 5.41) is 0. The second-order valence-corrected chi connectivity index (χ2v) is 8.30. The van der Waals surface area contributed by atoms with E-state index in [1.165, 1.54) is 0 Å². The van der Waals surface area contributed by atoms with Gasteiger partial charge in [-0.2, -0.15) is 0 Å². The standard InChI is InChI=1S/C20H34O6/c1-15(13-19(3,4)5)17(21)23-9-11-25-26-12-10-24-18(22)16(2)14-20(6,7)8/h13-14H,9-12H2,1-8H3. The number of allylic oxidation sites excluding steroid dienone is 2. The molecule has 6 nitrogen and oxygen atoms in total. The fourth-order valence-electron chi connectivity index (χ4n) is 2.10. The summed E-state index contributed by atoms with van der Waals surface area (Å²) >= 11 is 0. The number of carbonyl (C=O) groups is 2. The molecule has 0 aliphatic carbocycles. The number of carbonyl (C=O) groups excluding carboxylic acids is 2. The van der Waals surface area contributed by atoms with Crippen molar-refractivity contribution in [3.63, 3.8) is 0 Å². The smallest absolute Gasteiger partial charge is 0.333 e. The minimum Gasteiger partial charge on any atom is -0.460 e. The van der Waals surface area contributed by atoms with Crippen molar-refractivity contribution in [3.8, 4) is 0 Å². The maximum absolute atomic E-state index is 11.7. The zero-order valence-electron chi connectivity index (χ0n) is 17.4. The van der Waals surface area contributed by atoms with Crippen LogP contribution in [0.5, 0.6) is 0 Å². The van der Waals surface area contributed by atoms with E-state index in [0.29, 0.717) is 11.1 Å². The third kappa shape index (κ3) is 13.6. The molecule has 0 amide bonds.